The molecule has 0 fully saturated rings. The first-order valence-electron chi connectivity index (χ1n) is 6.27. The summed E-state index contributed by atoms with van der Waals surface area (Å²) >= 11 is 1.19. The second kappa shape index (κ2) is 7.44. The average Bonchev–Trinajstić information content (AvgIpc) is 2.90. The van der Waals surface area contributed by atoms with Gasteiger partial charge in [-0.25, -0.2) is 4.98 Å². The van der Waals surface area contributed by atoms with E-state index in [2.05, 4.69) is 26.0 Å². The summed E-state index contributed by atoms with van der Waals surface area (Å²) in [6, 6.07) is 9.30. The summed E-state index contributed by atoms with van der Waals surface area (Å²) in [5.74, 6) is 0.231. The third-order valence-corrected chi connectivity index (χ3v) is 3.31. The van der Waals surface area contributed by atoms with E-state index in [9.17, 15) is 9.59 Å². The zero-order valence-corrected chi connectivity index (χ0v) is 12.2. The summed E-state index contributed by atoms with van der Waals surface area (Å²) in [5.41, 5.74) is 5.61. The Balaban J connectivity index is 1.67. The van der Waals surface area contributed by atoms with Crippen molar-refractivity contribution >= 4 is 23.6 Å². The lowest BCUT2D eigenvalue weighted by atomic mass is 10.1. The molecule has 0 spiro atoms. The van der Waals surface area contributed by atoms with E-state index in [0.29, 0.717) is 11.0 Å². The van der Waals surface area contributed by atoms with Gasteiger partial charge in [0.1, 0.15) is 5.82 Å². The predicted molar refractivity (Wildman–Crippen MR) is 78.3 cm³/mol. The van der Waals surface area contributed by atoms with Crippen molar-refractivity contribution in [3.8, 4) is 0 Å². The van der Waals surface area contributed by atoms with Crippen molar-refractivity contribution in [3.63, 3.8) is 0 Å². The van der Waals surface area contributed by atoms with E-state index in [4.69, 9.17) is 0 Å². The highest BCUT2D eigenvalue weighted by atomic mass is 32.2. The highest BCUT2D eigenvalue weighted by Crippen LogP contribution is 2.10. The second-order valence-electron chi connectivity index (χ2n) is 4.25. The molecule has 0 saturated heterocycles. The van der Waals surface area contributed by atoms with E-state index in [1.165, 1.54) is 11.8 Å². The number of amides is 2. The summed E-state index contributed by atoms with van der Waals surface area (Å²) in [5, 5.41) is 7.08. The van der Waals surface area contributed by atoms with Gasteiger partial charge in [0.2, 0.25) is 17.0 Å². The van der Waals surface area contributed by atoms with Gasteiger partial charge in [0, 0.05) is 0 Å². The van der Waals surface area contributed by atoms with Gasteiger partial charge in [-0.3, -0.25) is 25.5 Å². The minimum absolute atomic E-state index is 0.128. The van der Waals surface area contributed by atoms with Gasteiger partial charge in [-0.1, -0.05) is 42.1 Å². The molecular formula is C13H15N5O2S. The van der Waals surface area contributed by atoms with Crippen LogP contribution in [-0.4, -0.2) is 32.7 Å². The first-order chi connectivity index (χ1) is 10.1. The second-order valence-corrected chi connectivity index (χ2v) is 5.19. The maximum atomic E-state index is 11.6. The third-order valence-electron chi connectivity index (χ3n) is 2.46. The first kappa shape index (κ1) is 15.0. The number of carbonyl (C=O) groups is 2. The summed E-state index contributed by atoms with van der Waals surface area (Å²) < 4.78 is 0. The zero-order chi connectivity index (χ0) is 15.1. The van der Waals surface area contributed by atoms with Crippen LogP contribution < -0.4 is 10.9 Å². The van der Waals surface area contributed by atoms with Crippen LogP contribution >= 0.6 is 11.8 Å². The Labute approximate surface area is 125 Å². The molecule has 0 aliphatic heterocycles. The Bertz CT molecular complexity index is 614. The van der Waals surface area contributed by atoms with E-state index < -0.39 is 0 Å². The summed E-state index contributed by atoms with van der Waals surface area (Å²) in [7, 11) is 0. The van der Waals surface area contributed by atoms with E-state index in [1.54, 1.807) is 6.92 Å². The summed E-state index contributed by atoms with van der Waals surface area (Å²) in [6.07, 6.45) is 0.217. The van der Waals surface area contributed by atoms with Crippen molar-refractivity contribution in [1.82, 2.24) is 26.0 Å². The third kappa shape index (κ3) is 5.27. The van der Waals surface area contributed by atoms with E-state index in [1.807, 2.05) is 30.3 Å². The maximum absolute atomic E-state index is 11.6. The van der Waals surface area contributed by atoms with Gasteiger partial charge in [0.05, 0.1) is 12.2 Å². The normalized spacial score (nSPS) is 10.1. The maximum Gasteiger partial charge on any atom is 0.248 e. The standard InChI is InChI=1S/C13H15N5O2S/c1-9-14-13(18-15-9)21-8-12(20)17-16-11(19)7-10-5-3-2-4-6-10/h2-6H,7-8H2,1H3,(H,16,19)(H,17,20)(H,14,15,18). The van der Waals surface area contributed by atoms with Crippen molar-refractivity contribution in [2.45, 2.75) is 18.5 Å². The number of benzene rings is 1. The number of hydrazine groups is 1. The molecule has 3 N–H and O–H groups in total. The number of aromatic nitrogens is 3. The molecule has 0 aliphatic carbocycles. The van der Waals surface area contributed by atoms with Crippen LogP contribution in [0, 0.1) is 6.92 Å². The lowest BCUT2D eigenvalue weighted by Gasteiger charge is -2.06. The Kier molecular flexibility index (Phi) is 5.33. The lowest BCUT2D eigenvalue weighted by Crippen LogP contribution is -2.43. The van der Waals surface area contributed by atoms with Crippen LogP contribution in [0.25, 0.3) is 0 Å². The molecule has 2 rings (SSSR count). The fourth-order valence-corrected chi connectivity index (χ4v) is 2.16. The number of aromatic amines is 1. The Morgan fingerprint density at radius 3 is 2.57 bits per heavy atom. The average molecular weight is 305 g/mol. The Morgan fingerprint density at radius 1 is 1.19 bits per heavy atom. The molecule has 0 bridgehead atoms. The van der Waals surface area contributed by atoms with Crippen LogP contribution in [0.3, 0.4) is 0 Å². The number of nitrogens with one attached hydrogen (secondary N) is 3. The van der Waals surface area contributed by atoms with Gasteiger partial charge in [-0.15, -0.1) is 5.10 Å². The van der Waals surface area contributed by atoms with Gasteiger partial charge >= 0.3 is 0 Å². The van der Waals surface area contributed by atoms with Crippen LogP contribution in [0.5, 0.6) is 0 Å². The molecule has 1 aromatic heterocycles. The number of carbonyl (C=O) groups excluding carboxylic acids is 2. The molecule has 21 heavy (non-hydrogen) atoms. The van der Waals surface area contributed by atoms with Gasteiger partial charge in [0.25, 0.3) is 0 Å². The fourth-order valence-electron chi connectivity index (χ4n) is 1.52. The van der Waals surface area contributed by atoms with Crippen LogP contribution in [0.4, 0.5) is 0 Å². The van der Waals surface area contributed by atoms with Gasteiger partial charge < -0.3 is 0 Å². The van der Waals surface area contributed by atoms with Crippen LogP contribution in [0.2, 0.25) is 0 Å². The molecule has 110 valence electrons. The molecule has 0 atom stereocenters. The van der Waals surface area contributed by atoms with Gasteiger partial charge in [0.15, 0.2) is 0 Å². The highest BCUT2D eigenvalue weighted by Gasteiger charge is 2.08. The van der Waals surface area contributed by atoms with E-state index >= 15 is 0 Å². The molecule has 0 radical (unpaired) electrons. The summed E-state index contributed by atoms with van der Waals surface area (Å²) in [4.78, 5) is 27.3. The number of nitrogens with zero attached hydrogens (tertiary/aromatic N) is 2. The van der Waals surface area contributed by atoms with E-state index in [0.717, 1.165) is 5.56 Å². The Hall–Kier alpha value is -2.35. The molecule has 2 aromatic rings. The first-order valence-corrected chi connectivity index (χ1v) is 7.25. The molecule has 0 unspecified atom stereocenters. The van der Waals surface area contributed by atoms with Crippen molar-refractivity contribution in [2.24, 2.45) is 0 Å². The zero-order valence-electron chi connectivity index (χ0n) is 11.4. The number of H-pyrrole nitrogens is 1. The number of hydrogen-bond acceptors (Lipinski definition) is 5. The monoisotopic (exact) mass is 305 g/mol. The molecule has 1 heterocycles. The number of aryl methyl sites for hydroxylation is 1. The van der Waals surface area contributed by atoms with Crippen molar-refractivity contribution in [1.29, 1.82) is 0 Å². The SMILES string of the molecule is Cc1nc(SCC(=O)NNC(=O)Cc2ccccc2)n[nH]1. The molecule has 8 heteroatoms. The van der Waals surface area contributed by atoms with Crippen LogP contribution in [0.15, 0.2) is 35.5 Å². The largest absolute Gasteiger partial charge is 0.273 e. The number of hydrogen-bond donors (Lipinski definition) is 3. The van der Waals surface area contributed by atoms with Crippen molar-refractivity contribution in [2.75, 3.05) is 5.75 Å². The highest BCUT2D eigenvalue weighted by molar-refractivity contribution is 7.99. The van der Waals surface area contributed by atoms with Gasteiger partial charge in [-0.2, -0.15) is 0 Å². The summed E-state index contributed by atoms with van der Waals surface area (Å²) in [6.45, 7) is 1.78. The van der Waals surface area contributed by atoms with Gasteiger partial charge in [-0.05, 0) is 12.5 Å². The molecular weight excluding hydrogens is 290 g/mol. The minimum Gasteiger partial charge on any atom is -0.273 e. The van der Waals surface area contributed by atoms with Crippen LogP contribution in [0.1, 0.15) is 11.4 Å². The number of rotatable bonds is 5. The smallest absolute Gasteiger partial charge is 0.248 e. The molecule has 7 nitrogen and oxygen atoms in total. The van der Waals surface area contributed by atoms with E-state index in [-0.39, 0.29) is 24.0 Å². The number of thioether (sulfide) groups is 1. The fraction of sp³-hybridized carbons (Fsp3) is 0.231. The molecule has 1 aromatic carbocycles. The quantitative estimate of drug-likeness (QED) is 0.555. The van der Waals surface area contributed by atoms with Crippen LogP contribution in [-0.2, 0) is 16.0 Å². The van der Waals surface area contributed by atoms with Crippen molar-refractivity contribution in [3.05, 3.63) is 41.7 Å². The van der Waals surface area contributed by atoms with Crippen molar-refractivity contribution < 1.29 is 9.59 Å². The molecule has 2 amide bonds. The predicted octanol–water partition coefficient (Wildman–Crippen LogP) is 0.595. The Morgan fingerprint density at radius 2 is 1.90 bits per heavy atom. The molecule has 0 saturated carbocycles. The topological polar surface area (TPSA) is 99.8 Å². The minimum atomic E-state index is -0.316. The lowest BCUT2D eigenvalue weighted by molar-refractivity contribution is -0.127. The molecule has 0 aliphatic rings.